The first-order chi connectivity index (χ1) is 15.4. The van der Waals surface area contributed by atoms with Crippen LogP contribution >= 0.6 is 0 Å². The van der Waals surface area contributed by atoms with Crippen LogP contribution in [-0.2, 0) is 9.53 Å². The number of aliphatic carboxylic acids is 1. The third kappa shape index (κ3) is 6.26. The molecule has 1 heterocycles. The number of rotatable bonds is 8. The Balaban J connectivity index is 0.00000385. The minimum absolute atomic E-state index is 0. The summed E-state index contributed by atoms with van der Waals surface area (Å²) in [4.78, 5) is 26.5. The molecule has 0 spiro atoms. The number of urea groups is 1. The standard InChI is InChI=1S/C23H27FN2O6.K.H/c1-4-8-18(24)25-23(29)26-19(14-9-6-5-7-10-14)20(22(27)28)32-21(26)16-12-11-15(30-2)13-17(16)31-3;;/h5-7,9-13,18-21H,4,8H2,1-3H3,(H,25,29)(H,27,28);;/t18?,19-,20+,21?;;/m0../s1. The van der Waals surface area contributed by atoms with E-state index in [1.54, 1.807) is 55.5 Å². The number of carbonyl (C=O) groups is 2. The van der Waals surface area contributed by atoms with Crippen LogP contribution in [0.5, 0.6) is 11.5 Å². The van der Waals surface area contributed by atoms with Gasteiger partial charge in [-0.2, -0.15) is 0 Å². The van der Waals surface area contributed by atoms with Gasteiger partial charge in [-0.25, -0.2) is 14.0 Å². The van der Waals surface area contributed by atoms with Gasteiger partial charge in [0.1, 0.15) is 11.5 Å². The van der Waals surface area contributed by atoms with Crippen LogP contribution in [0.25, 0.3) is 0 Å². The molecule has 2 N–H and O–H groups in total. The predicted molar refractivity (Wildman–Crippen MR) is 121 cm³/mol. The van der Waals surface area contributed by atoms with Crippen molar-refractivity contribution in [2.75, 3.05) is 14.2 Å². The number of nitrogens with one attached hydrogen (secondary N) is 1. The Morgan fingerprint density at radius 2 is 1.88 bits per heavy atom. The van der Waals surface area contributed by atoms with Crippen LogP contribution in [0.2, 0.25) is 0 Å². The summed E-state index contributed by atoms with van der Waals surface area (Å²) in [6.45, 7) is 1.80. The minimum atomic E-state index is -1.58. The van der Waals surface area contributed by atoms with Crippen molar-refractivity contribution >= 4 is 63.4 Å². The van der Waals surface area contributed by atoms with Gasteiger partial charge in [-0.1, -0.05) is 43.7 Å². The molecule has 3 rings (SSSR count). The predicted octanol–water partition coefficient (Wildman–Crippen LogP) is 3.39. The van der Waals surface area contributed by atoms with Crippen molar-refractivity contribution in [2.45, 2.75) is 44.4 Å². The molecule has 1 saturated heterocycles. The molecular formula is C23H28FKN2O6. The van der Waals surface area contributed by atoms with Gasteiger partial charge in [-0.15, -0.1) is 0 Å². The Bertz CT molecular complexity index is 948. The van der Waals surface area contributed by atoms with E-state index in [4.69, 9.17) is 14.2 Å². The number of hydrogen-bond acceptors (Lipinski definition) is 5. The Hall–Kier alpha value is -1.69. The first-order valence-corrected chi connectivity index (χ1v) is 10.3. The molecule has 0 radical (unpaired) electrons. The summed E-state index contributed by atoms with van der Waals surface area (Å²) in [6.07, 6.45) is -3.41. The van der Waals surface area contributed by atoms with Crippen LogP contribution in [-0.4, -0.2) is 100 Å². The summed E-state index contributed by atoms with van der Waals surface area (Å²) in [5.74, 6) is -0.381. The van der Waals surface area contributed by atoms with E-state index in [0.29, 0.717) is 29.0 Å². The number of benzene rings is 2. The average Bonchev–Trinajstić information content (AvgIpc) is 3.20. The van der Waals surface area contributed by atoms with Gasteiger partial charge in [0.2, 0.25) is 0 Å². The second-order valence-electron chi connectivity index (χ2n) is 7.32. The van der Waals surface area contributed by atoms with Crippen molar-refractivity contribution in [3.05, 3.63) is 59.7 Å². The third-order valence-corrected chi connectivity index (χ3v) is 5.26. The van der Waals surface area contributed by atoms with Crippen molar-refractivity contribution in [1.82, 2.24) is 10.2 Å². The normalized spacial score (nSPS) is 20.5. The van der Waals surface area contributed by atoms with Crippen LogP contribution in [0.15, 0.2) is 48.5 Å². The molecule has 33 heavy (non-hydrogen) atoms. The Morgan fingerprint density at radius 1 is 1.18 bits per heavy atom. The number of ether oxygens (including phenoxy) is 3. The van der Waals surface area contributed by atoms with E-state index in [9.17, 15) is 19.1 Å². The number of nitrogens with zero attached hydrogens (tertiary/aromatic N) is 1. The average molecular weight is 487 g/mol. The van der Waals surface area contributed by atoms with Crippen LogP contribution in [0.1, 0.15) is 43.2 Å². The zero-order valence-electron chi connectivity index (χ0n) is 18.2. The number of halogens is 1. The van der Waals surface area contributed by atoms with Gasteiger partial charge in [0.25, 0.3) is 0 Å². The Kier molecular flexibility index (Phi) is 10.6. The quantitative estimate of drug-likeness (QED) is 0.439. The molecule has 1 fully saturated rings. The number of carboxylic acid groups (broad SMARTS) is 1. The maximum absolute atomic E-state index is 14.3. The molecule has 1 aliphatic rings. The van der Waals surface area contributed by atoms with E-state index in [-0.39, 0.29) is 57.8 Å². The van der Waals surface area contributed by atoms with E-state index in [2.05, 4.69) is 5.32 Å². The van der Waals surface area contributed by atoms with Crippen LogP contribution in [0, 0.1) is 0 Å². The van der Waals surface area contributed by atoms with Crippen molar-refractivity contribution in [3.63, 3.8) is 0 Å². The third-order valence-electron chi connectivity index (χ3n) is 5.26. The summed E-state index contributed by atoms with van der Waals surface area (Å²) < 4.78 is 30.9. The van der Waals surface area contributed by atoms with E-state index in [1.165, 1.54) is 19.1 Å². The molecule has 0 aromatic heterocycles. The monoisotopic (exact) mass is 486 g/mol. The first kappa shape index (κ1) is 27.6. The fraction of sp³-hybridized carbons (Fsp3) is 0.391. The van der Waals surface area contributed by atoms with Crippen molar-refractivity contribution in [2.24, 2.45) is 0 Å². The van der Waals surface area contributed by atoms with E-state index in [0.717, 1.165) is 0 Å². The molecule has 174 valence electrons. The van der Waals surface area contributed by atoms with Gasteiger partial charge in [-0.05, 0) is 24.1 Å². The molecule has 2 aromatic rings. The summed E-state index contributed by atoms with van der Waals surface area (Å²) in [5.41, 5.74) is 0.968. The molecule has 0 bridgehead atoms. The molecule has 1 aliphatic heterocycles. The SMILES string of the molecule is CCCC(F)NC(=O)N1C(c2ccc(OC)cc2OC)O[C@@H](C(=O)O)[C@@H]1c1ccccc1.[KH]. The van der Waals surface area contributed by atoms with Crippen molar-refractivity contribution in [1.29, 1.82) is 0 Å². The summed E-state index contributed by atoms with van der Waals surface area (Å²) >= 11 is 0. The van der Waals surface area contributed by atoms with Crippen LogP contribution in [0.4, 0.5) is 9.18 Å². The molecule has 2 aromatic carbocycles. The summed E-state index contributed by atoms with van der Waals surface area (Å²) in [7, 11) is 2.95. The van der Waals surface area contributed by atoms with Crippen LogP contribution in [0.3, 0.4) is 0 Å². The number of carbonyl (C=O) groups excluding carboxylic acids is 1. The van der Waals surface area contributed by atoms with E-state index in [1.807, 2.05) is 0 Å². The Labute approximate surface area is 234 Å². The molecule has 2 unspecified atom stereocenters. The maximum atomic E-state index is 14.3. The van der Waals surface area contributed by atoms with E-state index >= 15 is 0 Å². The molecule has 2 amide bonds. The van der Waals surface area contributed by atoms with Gasteiger partial charge in [-0.3, -0.25) is 4.90 Å². The van der Waals surface area contributed by atoms with Gasteiger partial charge in [0.15, 0.2) is 18.6 Å². The second kappa shape index (κ2) is 12.7. The zero-order valence-corrected chi connectivity index (χ0v) is 18.2. The fourth-order valence-corrected chi connectivity index (χ4v) is 3.76. The van der Waals surface area contributed by atoms with Crippen LogP contribution < -0.4 is 14.8 Å². The van der Waals surface area contributed by atoms with Gasteiger partial charge in [0, 0.05) is 11.6 Å². The first-order valence-electron chi connectivity index (χ1n) is 10.3. The molecular weight excluding hydrogens is 458 g/mol. The molecule has 10 heteroatoms. The van der Waals surface area contributed by atoms with Gasteiger partial charge < -0.3 is 24.6 Å². The molecule has 0 saturated carbocycles. The van der Waals surface area contributed by atoms with Crippen molar-refractivity contribution in [3.8, 4) is 11.5 Å². The molecule has 0 aliphatic carbocycles. The van der Waals surface area contributed by atoms with Gasteiger partial charge >= 0.3 is 63.4 Å². The summed E-state index contributed by atoms with van der Waals surface area (Å²) in [5, 5.41) is 12.2. The second-order valence-corrected chi connectivity index (χ2v) is 7.32. The van der Waals surface area contributed by atoms with Gasteiger partial charge in [0.05, 0.1) is 20.3 Å². The number of hydrogen-bond donors (Lipinski definition) is 2. The Morgan fingerprint density at radius 3 is 2.45 bits per heavy atom. The number of methoxy groups -OCH3 is 2. The zero-order chi connectivity index (χ0) is 23.3. The topological polar surface area (TPSA) is 97.3 Å². The number of carboxylic acids is 1. The fourth-order valence-electron chi connectivity index (χ4n) is 3.76. The molecule has 4 atom stereocenters. The number of alkyl halides is 1. The summed E-state index contributed by atoms with van der Waals surface area (Å²) in [6, 6.07) is 11.8. The number of amides is 2. The molecule has 8 nitrogen and oxygen atoms in total. The van der Waals surface area contributed by atoms with E-state index < -0.39 is 36.7 Å². The van der Waals surface area contributed by atoms with Crippen molar-refractivity contribution < 1.29 is 33.3 Å².